The van der Waals surface area contributed by atoms with E-state index in [4.69, 9.17) is 23.7 Å². The van der Waals surface area contributed by atoms with Crippen LogP contribution >= 0.6 is 0 Å². The second kappa shape index (κ2) is 9.05. The lowest BCUT2D eigenvalue weighted by atomic mass is 9.70. The number of carbonyl (C=O) groups is 1. The highest BCUT2D eigenvalue weighted by Gasteiger charge is 2.63. The van der Waals surface area contributed by atoms with Crippen LogP contribution in [0.5, 0.6) is 23.0 Å². The molecule has 0 unspecified atom stereocenters. The highest BCUT2D eigenvalue weighted by molar-refractivity contribution is 5.85. The number of benzene rings is 2. The monoisotopic (exact) mass is 468 g/mol. The molecule has 6 nitrogen and oxygen atoms in total. The normalized spacial score (nSPS) is 24.7. The zero-order chi connectivity index (χ0) is 24.7. The first kappa shape index (κ1) is 24.2. The molecule has 2 aliphatic rings. The molecule has 0 spiro atoms. The Morgan fingerprint density at radius 2 is 1.38 bits per heavy atom. The van der Waals surface area contributed by atoms with E-state index in [0.717, 1.165) is 12.8 Å². The Morgan fingerprint density at radius 1 is 0.853 bits per heavy atom. The van der Waals surface area contributed by atoms with Gasteiger partial charge >= 0.3 is 5.97 Å². The van der Waals surface area contributed by atoms with Gasteiger partial charge in [-0.05, 0) is 42.7 Å². The van der Waals surface area contributed by atoms with Gasteiger partial charge < -0.3 is 23.7 Å². The first-order valence-electron chi connectivity index (χ1n) is 11.8. The van der Waals surface area contributed by atoms with Crippen molar-refractivity contribution in [1.82, 2.24) is 0 Å². The minimum absolute atomic E-state index is 0.0358. The second-order valence-corrected chi connectivity index (χ2v) is 10.2. The zero-order valence-corrected chi connectivity index (χ0v) is 21.3. The van der Waals surface area contributed by atoms with Crippen molar-refractivity contribution < 1.29 is 28.5 Å². The molecule has 0 amide bonds. The maximum Gasteiger partial charge on any atom is 0.318 e. The van der Waals surface area contributed by atoms with Crippen molar-refractivity contribution in [3.8, 4) is 23.0 Å². The van der Waals surface area contributed by atoms with Crippen LogP contribution in [-0.2, 0) is 9.53 Å². The highest BCUT2D eigenvalue weighted by atomic mass is 16.5. The third kappa shape index (κ3) is 3.77. The second-order valence-electron chi connectivity index (χ2n) is 10.2. The number of hydrogen-bond donors (Lipinski definition) is 0. The molecule has 0 heterocycles. The molecule has 0 aliphatic heterocycles. The number of rotatable bonds is 8. The smallest absolute Gasteiger partial charge is 0.318 e. The summed E-state index contributed by atoms with van der Waals surface area (Å²) in [5, 5.41) is 0. The summed E-state index contributed by atoms with van der Waals surface area (Å²) < 4.78 is 28.5. The lowest BCUT2D eigenvalue weighted by molar-refractivity contribution is -0.157. The summed E-state index contributed by atoms with van der Waals surface area (Å²) in [5.41, 5.74) is 1.50. The fourth-order valence-corrected chi connectivity index (χ4v) is 6.05. The Balaban J connectivity index is 1.77. The molecule has 34 heavy (non-hydrogen) atoms. The standard InChI is InChI=1S/C28H36O6/c1-27(2)17-12-13-28(27,3)24(14-17)34-26(29)25(20-10-8-18(30-4)15-22(20)32-6)21-11-9-19(31-5)16-23(21)33-7/h8-11,15-17,24-25H,12-14H2,1-7H3/t17-,24-,28-/m1/s1. The SMILES string of the molecule is COc1ccc(C(C(=O)O[C@@H]2C[C@H]3CC[C@@]2(C)C3(C)C)c2ccc(OC)cc2OC)c(OC)c1. The topological polar surface area (TPSA) is 63.2 Å². The van der Waals surface area contributed by atoms with Gasteiger partial charge in [-0.15, -0.1) is 0 Å². The molecule has 2 aromatic carbocycles. The molecule has 0 aromatic heterocycles. The summed E-state index contributed by atoms with van der Waals surface area (Å²) in [6, 6.07) is 11.0. The Morgan fingerprint density at radius 3 is 1.76 bits per heavy atom. The van der Waals surface area contributed by atoms with Gasteiger partial charge in [0, 0.05) is 28.7 Å². The predicted molar refractivity (Wildman–Crippen MR) is 130 cm³/mol. The van der Waals surface area contributed by atoms with Crippen molar-refractivity contribution in [2.75, 3.05) is 28.4 Å². The number of esters is 1. The number of carbonyl (C=O) groups excluding carboxylic acids is 1. The first-order chi connectivity index (χ1) is 16.2. The van der Waals surface area contributed by atoms with Crippen LogP contribution in [0.2, 0.25) is 0 Å². The van der Waals surface area contributed by atoms with Crippen LogP contribution in [0.15, 0.2) is 36.4 Å². The van der Waals surface area contributed by atoms with Gasteiger partial charge in [-0.2, -0.15) is 0 Å². The van der Waals surface area contributed by atoms with Gasteiger partial charge in [0.1, 0.15) is 35.0 Å². The Kier molecular flexibility index (Phi) is 6.45. The Labute approximate surface area is 202 Å². The van der Waals surface area contributed by atoms with Crippen molar-refractivity contribution >= 4 is 5.97 Å². The molecule has 2 aromatic rings. The van der Waals surface area contributed by atoms with E-state index < -0.39 is 5.92 Å². The molecule has 3 atom stereocenters. The molecule has 4 rings (SSSR count). The maximum absolute atomic E-state index is 14.0. The fraction of sp³-hybridized carbons (Fsp3) is 0.536. The molecule has 0 N–H and O–H groups in total. The molecule has 2 saturated carbocycles. The van der Waals surface area contributed by atoms with Gasteiger partial charge in [0.25, 0.3) is 0 Å². The third-order valence-corrected chi connectivity index (χ3v) is 8.71. The molecule has 2 aliphatic carbocycles. The van der Waals surface area contributed by atoms with Crippen LogP contribution in [0.3, 0.4) is 0 Å². The molecule has 2 fully saturated rings. The molecular formula is C28H36O6. The van der Waals surface area contributed by atoms with E-state index >= 15 is 0 Å². The third-order valence-electron chi connectivity index (χ3n) is 8.71. The average molecular weight is 469 g/mol. The van der Waals surface area contributed by atoms with E-state index in [9.17, 15) is 4.79 Å². The van der Waals surface area contributed by atoms with Crippen molar-refractivity contribution in [2.24, 2.45) is 16.7 Å². The summed E-state index contributed by atoms with van der Waals surface area (Å²) in [4.78, 5) is 14.0. The molecule has 2 bridgehead atoms. The van der Waals surface area contributed by atoms with Crippen LogP contribution < -0.4 is 18.9 Å². The van der Waals surface area contributed by atoms with Crippen LogP contribution in [0.1, 0.15) is 57.1 Å². The molecule has 6 heteroatoms. The van der Waals surface area contributed by atoms with E-state index in [0.29, 0.717) is 40.0 Å². The van der Waals surface area contributed by atoms with E-state index in [-0.39, 0.29) is 22.9 Å². The summed E-state index contributed by atoms with van der Waals surface area (Å²) >= 11 is 0. The van der Waals surface area contributed by atoms with Crippen molar-refractivity contribution in [2.45, 2.75) is 52.1 Å². The van der Waals surface area contributed by atoms with Crippen LogP contribution in [0, 0.1) is 16.7 Å². The number of hydrogen-bond acceptors (Lipinski definition) is 6. The number of methoxy groups -OCH3 is 4. The van der Waals surface area contributed by atoms with Gasteiger partial charge in [-0.3, -0.25) is 4.79 Å². The number of ether oxygens (including phenoxy) is 5. The largest absolute Gasteiger partial charge is 0.497 e. The van der Waals surface area contributed by atoms with Crippen LogP contribution in [-0.4, -0.2) is 40.5 Å². The first-order valence-corrected chi connectivity index (χ1v) is 11.8. The average Bonchev–Trinajstić information content (AvgIpc) is 3.18. The molecule has 184 valence electrons. The van der Waals surface area contributed by atoms with E-state index in [1.54, 1.807) is 40.6 Å². The molecule has 0 radical (unpaired) electrons. The van der Waals surface area contributed by atoms with Crippen LogP contribution in [0.4, 0.5) is 0 Å². The van der Waals surface area contributed by atoms with E-state index in [1.807, 2.05) is 24.3 Å². The summed E-state index contributed by atoms with van der Waals surface area (Å²) in [6.07, 6.45) is 3.05. The minimum Gasteiger partial charge on any atom is -0.497 e. The summed E-state index contributed by atoms with van der Waals surface area (Å²) in [6.45, 7) is 6.90. The van der Waals surface area contributed by atoms with Gasteiger partial charge in [-0.1, -0.05) is 32.9 Å². The van der Waals surface area contributed by atoms with Crippen molar-refractivity contribution in [1.29, 1.82) is 0 Å². The minimum atomic E-state index is -0.729. The van der Waals surface area contributed by atoms with Gasteiger partial charge in [0.05, 0.1) is 28.4 Å². The predicted octanol–water partition coefficient (Wildman–Crippen LogP) is 5.61. The van der Waals surface area contributed by atoms with Crippen molar-refractivity contribution in [3.05, 3.63) is 47.5 Å². The summed E-state index contributed by atoms with van der Waals surface area (Å²) in [5.74, 6) is 1.94. The molecule has 0 saturated heterocycles. The van der Waals surface area contributed by atoms with Crippen LogP contribution in [0.25, 0.3) is 0 Å². The summed E-state index contributed by atoms with van der Waals surface area (Å²) in [7, 11) is 6.38. The highest BCUT2D eigenvalue weighted by Crippen LogP contribution is 2.66. The Hall–Kier alpha value is -2.89. The fourth-order valence-electron chi connectivity index (χ4n) is 6.05. The lowest BCUT2D eigenvalue weighted by Gasteiger charge is -2.39. The quantitative estimate of drug-likeness (QED) is 0.469. The molecular weight excluding hydrogens is 432 g/mol. The number of fused-ring (bicyclic) bond motifs is 2. The maximum atomic E-state index is 14.0. The van der Waals surface area contributed by atoms with Gasteiger partial charge in [0.2, 0.25) is 0 Å². The Bertz CT molecular complexity index is 1010. The van der Waals surface area contributed by atoms with Gasteiger partial charge in [0.15, 0.2) is 0 Å². The van der Waals surface area contributed by atoms with Gasteiger partial charge in [-0.25, -0.2) is 0 Å². The lowest BCUT2D eigenvalue weighted by Crippen LogP contribution is -2.39. The van der Waals surface area contributed by atoms with E-state index in [2.05, 4.69) is 20.8 Å². The zero-order valence-electron chi connectivity index (χ0n) is 21.3. The van der Waals surface area contributed by atoms with Crippen molar-refractivity contribution in [3.63, 3.8) is 0 Å². The van der Waals surface area contributed by atoms with E-state index in [1.165, 1.54) is 6.42 Å².